The Hall–Kier alpha value is -1.26. The van der Waals surface area contributed by atoms with Gasteiger partial charge in [0.25, 0.3) is 0 Å². The number of rotatable bonds is 1. The number of benzene rings is 1. The highest BCUT2D eigenvalue weighted by molar-refractivity contribution is 5.57. The molecule has 0 aromatic heterocycles. The van der Waals surface area contributed by atoms with E-state index >= 15 is 0 Å². The van der Waals surface area contributed by atoms with E-state index < -0.39 is 0 Å². The van der Waals surface area contributed by atoms with Gasteiger partial charge in [0.2, 0.25) is 0 Å². The summed E-state index contributed by atoms with van der Waals surface area (Å²) in [5.41, 5.74) is 1.03. The highest BCUT2D eigenvalue weighted by Crippen LogP contribution is 2.30. The van der Waals surface area contributed by atoms with Crippen molar-refractivity contribution in [3.63, 3.8) is 0 Å². The second-order valence-corrected chi connectivity index (χ2v) is 3.64. The van der Waals surface area contributed by atoms with Gasteiger partial charge in [-0.3, -0.25) is 0 Å². The minimum absolute atomic E-state index is 0.0533. The highest BCUT2D eigenvalue weighted by atomic mass is 16.7. The maximum Gasteiger partial charge on any atom is 0.196 e. The summed E-state index contributed by atoms with van der Waals surface area (Å²) in [6.45, 7) is 2.04. The first-order valence-corrected chi connectivity index (χ1v) is 5.16. The smallest absolute Gasteiger partial charge is 0.196 e. The summed E-state index contributed by atoms with van der Waals surface area (Å²) in [5, 5.41) is 3.30. The molecule has 3 rings (SSSR count). The van der Waals surface area contributed by atoms with Crippen LogP contribution in [-0.2, 0) is 9.47 Å². The molecule has 1 atom stereocenters. The topological polar surface area (TPSA) is 39.7 Å². The third-order valence-corrected chi connectivity index (χ3v) is 2.61. The van der Waals surface area contributed by atoms with Crippen molar-refractivity contribution >= 4 is 5.69 Å². The van der Waals surface area contributed by atoms with Gasteiger partial charge in [-0.1, -0.05) is 12.1 Å². The van der Waals surface area contributed by atoms with Crippen LogP contribution < -0.4 is 10.1 Å². The molecule has 1 aromatic rings. The van der Waals surface area contributed by atoms with Crippen LogP contribution in [0.4, 0.5) is 5.69 Å². The zero-order valence-corrected chi connectivity index (χ0v) is 8.31. The molecular formula is C11H13NO3. The average molecular weight is 207 g/mol. The summed E-state index contributed by atoms with van der Waals surface area (Å²) in [5.74, 6) is 0.868. The monoisotopic (exact) mass is 207 g/mol. The van der Waals surface area contributed by atoms with Crippen LogP contribution in [0.1, 0.15) is 0 Å². The quantitative estimate of drug-likeness (QED) is 0.752. The molecule has 0 spiro atoms. The summed E-state index contributed by atoms with van der Waals surface area (Å²) in [6.07, 6.45) is -0.284. The first kappa shape index (κ1) is 9.00. The molecule has 0 radical (unpaired) electrons. The lowest BCUT2D eigenvalue weighted by molar-refractivity contribution is -0.107. The first-order chi connectivity index (χ1) is 7.43. The number of anilines is 1. The van der Waals surface area contributed by atoms with Crippen LogP contribution >= 0.6 is 0 Å². The molecule has 0 bridgehead atoms. The number of hydrogen-bond donors (Lipinski definition) is 1. The van der Waals surface area contributed by atoms with Crippen molar-refractivity contribution in [2.24, 2.45) is 0 Å². The molecule has 1 fully saturated rings. The zero-order valence-electron chi connectivity index (χ0n) is 8.31. The minimum atomic E-state index is -0.231. The first-order valence-electron chi connectivity index (χ1n) is 5.16. The Morgan fingerprint density at radius 2 is 1.93 bits per heavy atom. The third kappa shape index (κ3) is 1.66. The molecule has 80 valence electrons. The number of hydrogen-bond acceptors (Lipinski definition) is 4. The molecule has 0 unspecified atom stereocenters. The Morgan fingerprint density at radius 3 is 2.80 bits per heavy atom. The Balaban J connectivity index is 1.76. The van der Waals surface area contributed by atoms with Crippen molar-refractivity contribution in [1.82, 2.24) is 0 Å². The second-order valence-electron chi connectivity index (χ2n) is 3.64. The average Bonchev–Trinajstić information content (AvgIpc) is 2.82. The predicted octanol–water partition coefficient (Wildman–Crippen LogP) is 1.23. The van der Waals surface area contributed by atoms with Gasteiger partial charge in [-0.25, -0.2) is 0 Å². The number of nitrogens with one attached hydrogen (secondary N) is 1. The molecule has 0 saturated carbocycles. The molecule has 4 nitrogen and oxygen atoms in total. The molecular weight excluding hydrogens is 194 g/mol. The fourth-order valence-electron chi connectivity index (χ4n) is 1.87. The lowest BCUT2D eigenvalue weighted by Crippen LogP contribution is -2.41. The van der Waals surface area contributed by atoms with Crippen molar-refractivity contribution < 1.29 is 14.2 Å². The largest absolute Gasteiger partial charge is 0.481 e. The molecule has 1 aromatic carbocycles. The number of para-hydroxylation sites is 2. The van der Waals surface area contributed by atoms with E-state index in [0.717, 1.165) is 18.0 Å². The van der Waals surface area contributed by atoms with E-state index in [1.165, 1.54) is 0 Å². The van der Waals surface area contributed by atoms with Crippen LogP contribution in [-0.4, -0.2) is 32.2 Å². The van der Waals surface area contributed by atoms with Gasteiger partial charge in [-0.05, 0) is 12.1 Å². The Bertz CT molecular complexity index is 349. The van der Waals surface area contributed by atoms with Crippen LogP contribution in [0.5, 0.6) is 5.75 Å². The van der Waals surface area contributed by atoms with E-state index in [2.05, 4.69) is 5.32 Å². The van der Waals surface area contributed by atoms with Crippen molar-refractivity contribution in [3.05, 3.63) is 24.3 Å². The lowest BCUT2D eigenvalue weighted by atomic mass is 10.2. The summed E-state index contributed by atoms with van der Waals surface area (Å²) < 4.78 is 16.6. The van der Waals surface area contributed by atoms with Gasteiger partial charge in [-0.15, -0.1) is 0 Å². The number of ether oxygens (including phenoxy) is 3. The second kappa shape index (κ2) is 3.72. The van der Waals surface area contributed by atoms with Crippen LogP contribution in [0.25, 0.3) is 0 Å². The fraction of sp³-hybridized carbons (Fsp3) is 0.455. The molecule has 2 aliphatic heterocycles. The van der Waals surface area contributed by atoms with Gasteiger partial charge in [-0.2, -0.15) is 0 Å². The van der Waals surface area contributed by atoms with E-state index in [4.69, 9.17) is 14.2 Å². The van der Waals surface area contributed by atoms with E-state index in [1.807, 2.05) is 24.3 Å². The molecule has 1 saturated heterocycles. The van der Waals surface area contributed by atoms with Crippen LogP contribution in [0.15, 0.2) is 24.3 Å². The molecule has 2 aliphatic rings. The summed E-state index contributed by atoms with van der Waals surface area (Å²) in [4.78, 5) is 0. The molecule has 0 amide bonds. The van der Waals surface area contributed by atoms with Gasteiger partial charge >= 0.3 is 0 Å². The summed E-state index contributed by atoms with van der Waals surface area (Å²) in [6, 6.07) is 7.89. The van der Waals surface area contributed by atoms with Gasteiger partial charge in [0.1, 0.15) is 5.75 Å². The van der Waals surface area contributed by atoms with Gasteiger partial charge in [0.15, 0.2) is 12.4 Å². The van der Waals surface area contributed by atoms with Gasteiger partial charge in [0.05, 0.1) is 25.4 Å². The maximum absolute atomic E-state index is 5.80. The zero-order chi connectivity index (χ0) is 10.1. The van der Waals surface area contributed by atoms with Crippen LogP contribution in [0.3, 0.4) is 0 Å². The van der Waals surface area contributed by atoms with Crippen molar-refractivity contribution in [1.29, 1.82) is 0 Å². The molecule has 4 heteroatoms. The Kier molecular flexibility index (Phi) is 2.23. The summed E-state index contributed by atoms with van der Waals surface area (Å²) in [7, 11) is 0. The Labute approximate surface area is 88.1 Å². The summed E-state index contributed by atoms with van der Waals surface area (Å²) >= 11 is 0. The highest BCUT2D eigenvalue weighted by Gasteiger charge is 2.31. The molecule has 0 aliphatic carbocycles. The van der Waals surface area contributed by atoms with Gasteiger partial charge < -0.3 is 19.5 Å². The Morgan fingerprint density at radius 1 is 1.13 bits per heavy atom. The number of fused-ring (bicyclic) bond motifs is 1. The molecule has 2 heterocycles. The fourth-order valence-corrected chi connectivity index (χ4v) is 1.87. The van der Waals surface area contributed by atoms with E-state index in [0.29, 0.717) is 13.2 Å². The maximum atomic E-state index is 5.80. The van der Waals surface area contributed by atoms with Gasteiger partial charge in [0, 0.05) is 0 Å². The van der Waals surface area contributed by atoms with Crippen LogP contribution in [0, 0.1) is 0 Å². The van der Waals surface area contributed by atoms with E-state index in [9.17, 15) is 0 Å². The van der Waals surface area contributed by atoms with Crippen molar-refractivity contribution in [2.75, 3.05) is 25.1 Å². The molecule has 1 N–H and O–H groups in total. The van der Waals surface area contributed by atoms with E-state index in [-0.39, 0.29) is 12.4 Å². The van der Waals surface area contributed by atoms with Crippen molar-refractivity contribution in [2.45, 2.75) is 12.4 Å². The van der Waals surface area contributed by atoms with Crippen LogP contribution in [0.2, 0.25) is 0 Å². The lowest BCUT2D eigenvalue weighted by Gasteiger charge is -2.29. The van der Waals surface area contributed by atoms with E-state index in [1.54, 1.807) is 0 Å². The third-order valence-electron chi connectivity index (χ3n) is 2.61. The standard InChI is InChI=1S/C11H13NO3/c1-2-4-9-8(3-1)12-7-10(15-9)11-13-5-6-14-11/h1-4,10-12H,5-7H2/t10-/m1/s1. The molecule has 15 heavy (non-hydrogen) atoms. The van der Waals surface area contributed by atoms with Crippen molar-refractivity contribution in [3.8, 4) is 5.75 Å². The minimum Gasteiger partial charge on any atom is -0.481 e. The normalized spacial score (nSPS) is 25.5. The SMILES string of the molecule is c1ccc2c(c1)NC[C@H](C1OCCO1)O2. The predicted molar refractivity (Wildman–Crippen MR) is 55.0 cm³/mol.